The first-order chi connectivity index (χ1) is 18.1. The molecule has 4 amide bonds. The Bertz CT molecular complexity index is 1340. The number of para-hydroxylation sites is 1. The predicted molar refractivity (Wildman–Crippen MR) is 134 cm³/mol. The van der Waals surface area contributed by atoms with Gasteiger partial charge in [0.15, 0.2) is 11.6 Å². The maximum absolute atomic E-state index is 13.8. The molecular weight excluding hydrogens is 496 g/mol. The molecule has 0 saturated carbocycles. The fourth-order valence-electron chi connectivity index (χ4n) is 5.12. The molecule has 9 nitrogen and oxygen atoms in total. The number of nitrogens with one attached hydrogen (secondary N) is 2. The monoisotopic (exact) mass is 523 g/mol. The summed E-state index contributed by atoms with van der Waals surface area (Å²) in [7, 11) is 1.30. The van der Waals surface area contributed by atoms with Crippen molar-refractivity contribution >= 4 is 35.0 Å². The molecule has 0 bridgehead atoms. The van der Waals surface area contributed by atoms with Crippen LogP contribution in [0.5, 0.6) is 0 Å². The van der Waals surface area contributed by atoms with Crippen LogP contribution in [0, 0.1) is 23.0 Å². The molecule has 2 aliphatic heterocycles. The number of anilines is 2. The minimum atomic E-state index is -1.19. The number of benzene rings is 2. The SMILES string of the molecule is CCCC[C@@H](C(=O)N1C[C@]2(C[C@H]1C#N)C(=O)Nc1ccccc12)N(C)C(=O)C(=O)Nc1ccc(F)c(F)c1. The van der Waals surface area contributed by atoms with Crippen molar-refractivity contribution in [3.05, 3.63) is 59.7 Å². The van der Waals surface area contributed by atoms with Gasteiger partial charge in [0.1, 0.15) is 12.1 Å². The first-order valence-corrected chi connectivity index (χ1v) is 12.3. The van der Waals surface area contributed by atoms with Gasteiger partial charge in [-0.1, -0.05) is 38.0 Å². The highest BCUT2D eigenvalue weighted by Gasteiger charge is 2.56. The number of hydrogen-bond acceptors (Lipinski definition) is 5. The number of carbonyl (C=O) groups excluding carboxylic acids is 4. The van der Waals surface area contributed by atoms with E-state index in [1.54, 1.807) is 24.3 Å². The highest BCUT2D eigenvalue weighted by Crippen LogP contribution is 2.46. The molecule has 2 aromatic rings. The number of unbranched alkanes of at least 4 members (excludes halogenated alkanes) is 1. The zero-order valence-electron chi connectivity index (χ0n) is 21.0. The van der Waals surface area contributed by atoms with Crippen molar-refractivity contribution in [2.24, 2.45) is 0 Å². The first-order valence-electron chi connectivity index (χ1n) is 12.3. The second-order valence-electron chi connectivity index (χ2n) is 9.55. The maximum Gasteiger partial charge on any atom is 0.313 e. The lowest BCUT2D eigenvalue weighted by Gasteiger charge is -2.32. The van der Waals surface area contributed by atoms with Crippen LogP contribution in [0.15, 0.2) is 42.5 Å². The van der Waals surface area contributed by atoms with Crippen LogP contribution in [0.3, 0.4) is 0 Å². The Balaban J connectivity index is 1.57. The lowest BCUT2D eigenvalue weighted by atomic mass is 9.80. The smallest absolute Gasteiger partial charge is 0.313 e. The largest absolute Gasteiger partial charge is 0.325 e. The van der Waals surface area contributed by atoms with Gasteiger partial charge in [0.05, 0.1) is 11.5 Å². The van der Waals surface area contributed by atoms with Crippen molar-refractivity contribution in [1.29, 1.82) is 5.26 Å². The Labute approximate surface area is 218 Å². The van der Waals surface area contributed by atoms with E-state index in [9.17, 15) is 33.2 Å². The number of fused-ring (bicyclic) bond motifs is 2. The highest BCUT2D eigenvalue weighted by molar-refractivity contribution is 6.39. The van der Waals surface area contributed by atoms with Crippen LogP contribution in [-0.2, 0) is 24.6 Å². The third kappa shape index (κ3) is 4.69. The Morgan fingerprint density at radius 1 is 1.24 bits per heavy atom. The molecule has 1 saturated heterocycles. The number of nitrogens with zero attached hydrogens (tertiary/aromatic N) is 3. The molecule has 0 radical (unpaired) electrons. The lowest BCUT2D eigenvalue weighted by molar-refractivity contribution is -0.149. The molecular formula is C27H27F2N5O4. The zero-order valence-corrected chi connectivity index (χ0v) is 21.0. The number of nitriles is 1. The number of carbonyl (C=O) groups is 4. The Morgan fingerprint density at radius 3 is 2.66 bits per heavy atom. The van der Waals surface area contributed by atoms with Gasteiger partial charge in [-0.25, -0.2) is 8.78 Å². The van der Waals surface area contributed by atoms with Gasteiger partial charge in [-0.15, -0.1) is 0 Å². The number of halogens is 2. The van der Waals surface area contributed by atoms with Gasteiger partial charge in [-0.05, 0) is 30.2 Å². The molecule has 11 heteroatoms. The Hall–Kier alpha value is -4.33. The molecule has 3 atom stereocenters. The van der Waals surface area contributed by atoms with Gasteiger partial charge in [0, 0.05) is 37.5 Å². The summed E-state index contributed by atoms with van der Waals surface area (Å²) in [4.78, 5) is 54.8. The van der Waals surface area contributed by atoms with Crippen LogP contribution in [-0.4, -0.2) is 59.1 Å². The van der Waals surface area contributed by atoms with E-state index in [2.05, 4.69) is 16.7 Å². The van der Waals surface area contributed by atoms with Crippen LogP contribution in [0.25, 0.3) is 0 Å². The summed E-state index contributed by atoms with van der Waals surface area (Å²) in [5.41, 5.74) is 0.131. The van der Waals surface area contributed by atoms with E-state index in [-0.39, 0.29) is 31.0 Å². The first kappa shape index (κ1) is 26.7. The summed E-state index contributed by atoms with van der Waals surface area (Å²) in [6.07, 6.45) is 1.58. The third-order valence-corrected chi connectivity index (χ3v) is 7.19. The van der Waals surface area contributed by atoms with E-state index in [0.717, 1.165) is 23.1 Å². The number of likely N-dealkylation sites (tertiary alicyclic amines) is 1. The molecule has 0 unspecified atom stereocenters. The zero-order chi connectivity index (χ0) is 27.6. The number of hydrogen-bond donors (Lipinski definition) is 2. The highest BCUT2D eigenvalue weighted by atomic mass is 19.2. The van der Waals surface area contributed by atoms with Gasteiger partial charge < -0.3 is 20.4 Å². The lowest BCUT2D eigenvalue weighted by Crippen LogP contribution is -2.53. The van der Waals surface area contributed by atoms with Crippen LogP contribution in [0.2, 0.25) is 0 Å². The van der Waals surface area contributed by atoms with Gasteiger partial charge in [-0.3, -0.25) is 19.2 Å². The molecule has 2 aliphatic rings. The summed E-state index contributed by atoms with van der Waals surface area (Å²) >= 11 is 0. The maximum atomic E-state index is 13.8. The molecule has 2 N–H and O–H groups in total. The number of likely N-dealkylation sites (N-methyl/N-ethyl adjacent to an activating group) is 1. The van der Waals surface area contributed by atoms with E-state index in [1.807, 2.05) is 6.92 Å². The van der Waals surface area contributed by atoms with Crippen LogP contribution in [0.1, 0.15) is 38.2 Å². The molecule has 0 aliphatic carbocycles. The summed E-state index contributed by atoms with van der Waals surface area (Å²) < 4.78 is 26.7. The summed E-state index contributed by atoms with van der Waals surface area (Å²) in [5, 5.41) is 14.9. The molecule has 0 aromatic heterocycles. The average molecular weight is 524 g/mol. The number of amides is 4. The van der Waals surface area contributed by atoms with E-state index < -0.39 is 46.9 Å². The predicted octanol–water partition coefficient (Wildman–Crippen LogP) is 2.94. The second kappa shape index (κ2) is 10.6. The molecule has 1 spiro atoms. The van der Waals surface area contributed by atoms with Crippen LogP contribution >= 0.6 is 0 Å². The normalized spacial score (nSPS) is 20.4. The fourth-order valence-corrected chi connectivity index (χ4v) is 5.12. The topological polar surface area (TPSA) is 123 Å². The fraction of sp³-hybridized carbons (Fsp3) is 0.370. The standard InChI is InChI=1S/C27H27F2N5O4/c1-3-4-9-22(33(2)25(37)23(35)31-16-10-11-19(28)20(29)12-16)24(36)34-15-27(13-17(34)14-30)18-7-5-6-8-21(18)32-26(27)38/h5-8,10-12,17,22H,3-4,9,13,15H2,1-2H3,(H,31,35)(H,32,38)/t17-,22-,27-/m0/s1. The minimum Gasteiger partial charge on any atom is -0.325 e. The summed E-state index contributed by atoms with van der Waals surface area (Å²) in [6.45, 7) is 1.86. The molecule has 38 heavy (non-hydrogen) atoms. The van der Waals surface area contributed by atoms with Crippen molar-refractivity contribution in [2.45, 2.75) is 50.1 Å². The van der Waals surface area contributed by atoms with Crippen molar-refractivity contribution in [3.63, 3.8) is 0 Å². The van der Waals surface area contributed by atoms with Crippen molar-refractivity contribution < 1.29 is 28.0 Å². The van der Waals surface area contributed by atoms with E-state index in [0.29, 0.717) is 24.1 Å². The quantitative estimate of drug-likeness (QED) is 0.564. The molecule has 198 valence electrons. The molecule has 2 heterocycles. The van der Waals surface area contributed by atoms with Crippen LogP contribution < -0.4 is 10.6 Å². The Morgan fingerprint density at radius 2 is 1.97 bits per heavy atom. The third-order valence-electron chi connectivity index (χ3n) is 7.19. The summed E-state index contributed by atoms with van der Waals surface area (Å²) in [5.74, 6) is -5.33. The second-order valence-corrected chi connectivity index (χ2v) is 9.55. The van der Waals surface area contributed by atoms with Crippen molar-refractivity contribution in [1.82, 2.24) is 9.80 Å². The minimum absolute atomic E-state index is 0.0430. The molecule has 1 fully saturated rings. The van der Waals surface area contributed by atoms with Gasteiger partial charge in [0.25, 0.3) is 0 Å². The van der Waals surface area contributed by atoms with Gasteiger partial charge >= 0.3 is 11.8 Å². The van der Waals surface area contributed by atoms with Crippen LogP contribution in [0.4, 0.5) is 20.2 Å². The van der Waals surface area contributed by atoms with E-state index in [1.165, 1.54) is 11.9 Å². The van der Waals surface area contributed by atoms with E-state index in [4.69, 9.17) is 0 Å². The average Bonchev–Trinajstić information content (AvgIpc) is 3.43. The van der Waals surface area contributed by atoms with Gasteiger partial charge in [-0.2, -0.15) is 5.26 Å². The number of rotatable bonds is 6. The molecule has 4 rings (SSSR count). The van der Waals surface area contributed by atoms with Crippen molar-refractivity contribution in [2.75, 3.05) is 24.2 Å². The van der Waals surface area contributed by atoms with Gasteiger partial charge in [0.2, 0.25) is 11.8 Å². The van der Waals surface area contributed by atoms with E-state index >= 15 is 0 Å². The Kier molecular flexibility index (Phi) is 7.44. The van der Waals surface area contributed by atoms with Crippen molar-refractivity contribution in [3.8, 4) is 6.07 Å². The summed E-state index contributed by atoms with van der Waals surface area (Å²) in [6, 6.07) is 9.91. The molecule has 2 aromatic carbocycles.